The molecule has 4 heteroatoms. The maximum Gasteiger partial charge on any atom is 0.175 e. The first kappa shape index (κ1) is 13.8. The van der Waals surface area contributed by atoms with Crippen LogP contribution in [0.5, 0.6) is 11.5 Å². The molecule has 0 aromatic heterocycles. The fourth-order valence-corrected chi connectivity index (χ4v) is 1.88. The molecule has 1 aromatic rings. The normalized spacial score (nSPS) is 9.76. The van der Waals surface area contributed by atoms with Crippen LogP contribution in [-0.4, -0.2) is 19.5 Å². The Hall–Kier alpha value is -1.29. The third-order valence-corrected chi connectivity index (χ3v) is 2.63. The second-order valence-electron chi connectivity index (χ2n) is 3.31. The standard InChI is InChI=1S/C13H15BrO3/c1-3-5-6-17-13-11(14)7-10(9-15)8-12(13)16-4-2/h3,7-9H,1,4-6H2,2H3. The molecule has 0 unspecified atom stereocenters. The number of aldehydes is 1. The van der Waals surface area contributed by atoms with Crippen molar-refractivity contribution in [2.75, 3.05) is 13.2 Å². The summed E-state index contributed by atoms with van der Waals surface area (Å²) < 4.78 is 11.8. The van der Waals surface area contributed by atoms with E-state index in [4.69, 9.17) is 9.47 Å². The van der Waals surface area contributed by atoms with Gasteiger partial charge in [-0.15, -0.1) is 6.58 Å². The highest BCUT2D eigenvalue weighted by Crippen LogP contribution is 2.36. The van der Waals surface area contributed by atoms with E-state index >= 15 is 0 Å². The van der Waals surface area contributed by atoms with Crippen LogP contribution in [-0.2, 0) is 0 Å². The van der Waals surface area contributed by atoms with Gasteiger partial charge in [0.1, 0.15) is 6.29 Å². The lowest BCUT2D eigenvalue weighted by atomic mass is 10.2. The average molecular weight is 299 g/mol. The van der Waals surface area contributed by atoms with E-state index in [1.807, 2.05) is 6.92 Å². The van der Waals surface area contributed by atoms with Gasteiger partial charge in [0.25, 0.3) is 0 Å². The van der Waals surface area contributed by atoms with E-state index < -0.39 is 0 Å². The van der Waals surface area contributed by atoms with Crippen LogP contribution in [0.2, 0.25) is 0 Å². The van der Waals surface area contributed by atoms with Crippen molar-refractivity contribution < 1.29 is 14.3 Å². The zero-order valence-electron chi connectivity index (χ0n) is 9.74. The SMILES string of the molecule is C=CCCOc1c(Br)cc(C=O)cc1OCC. The van der Waals surface area contributed by atoms with Crippen molar-refractivity contribution in [1.82, 2.24) is 0 Å². The van der Waals surface area contributed by atoms with E-state index in [1.54, 1.807) is 18.2 Å². The predicted molar refractivity (Wildman–Crippen MR) is 71.0 cm³/mol. The Morgan fingerprint density at radius 1 is 1.41 bits per heavy atom. The average Bonchev–Trinajstić information content (AvgIpc) is 2.32. The lowest BCUT2D eigenvalue weighted by molar-refractivity contribution is 0.112. The molecule has 17 heavy (non-hydrogen) atoms. The van der Waals surface area contributed by atoms with Crippen LogP contribution in [0, 0.1) is 0 Å². The molecule has 0 bridgehead atoms. The summed E-state index contributed by atoms with van der Waals surface area (Å²) >= 11 is 3.37. The molecule has 0 saturated carbocycles. The topological polar surface area (TPSA) is 35.5 Å². The molecule has 0 spiro atoms. The number of hydrogen-bond acceptors (Lipinski definition) is 3. The summed E-state index contributed by atoms with van der Waals surface area (Å²) in [6.45, 7) is 6.57. The van der Waals surface area contributed by atoms with Crippen molar-refractivity contribution in [3.8, 4) is 11.5 Å². The van der Waals surface area contributed by atoms with Crippen LogP contribution >= 0.6 is 15.9 Å². The molecule has 3 nitrogen and oxygen atoms in total. The molecule has 1 rings (SSSR count). The number of carbonyl (C=O) groups excluding carboxylic acids is 1. The van der Waals surface area contributed by atoms with Gasteiger partial charge in [-0.3, -0.25) is 4.79 Å². The van der Waals surface area contributed by atoms with Gasteiger partial charge in [-0.25, -0.2) is 0 Å². The maximum absolute atomic E-state index is 10.8. The van der Waals surface area contributed by atoms with Gasteiger partial charge in [0.05, 0.1) is 17.7 Å². The van der Waals surface area contributed by atoms with E-state index in [0.29, 0.717) is 30.3 Å². The van der Waals surface area contributed by atoms with Crippen LogP contribution in [0.25, 0.3) is 0 Å². The van der Waals surface area contributed by atoms with Crippen molar-refractivity contribution in [1.29, 1.82) is 0 Å². The Kier molecular flexibility index (Phi) is 5.77. The Morgan fingerprint density at radius 3 is 2.76 bits per heavy atom. The second-order valence-corrected chi connectivity index (χ2v) is 4.16. The van der Waals surface area contributed by atoms with Crippen molar-refractivity contribution in [2.45, 2.75) is 13.3 Å². The number of benzene rings is 1. The quantitative estimate of drug-likeness (QED) is 0.438. The fourth-order valence-electron chi connectivity index (χ4n) is 1.30. The third-order valence-electron chi connectivity index (χ3n) is 2.04. The smallest absolute Gasteiger partial charge is 0.175 e. The highest BCUT2D eigenvalue weighted by molar-refractivity contribution is 9.10. The van der Waals surface area contributed by atoms with Crippen molar-refractivity contribution >= 4 is 22.2 Å². The van der Waals surface area contributed by atoms with E-state index in [0.717, 1.165) is 17.2 Å². The molecule has 0 fully saturated rings. The molecule has 0 atom stereocenters. The zero-order valence-corrected chi connectivity index (χ0v) is 11.3. The third kappa shape index (κ3) is 3.89. The largest absolute Gasteiger partial charge is 0.490 e. The number of ether oxygens (including phenoxy) is 2. The first-order valence-electron chi connectivity index (χ1n) is 5.38. The Bertz CT molecular complexity index is 402. The number of hydrogen-bond donors (Lipinski definition) is 0. The van der Waals surface area contributed by atoms with Gasteiger partial charge < -0.3 is 9.47 Å². The minimum atomic E-state index is 0.520. The van der Waals surface area contributed by atoms with Gasteiger partial charge in [0.2, 0.25) is 0 Å². The monoisotopic (exact) mass is 298 g/mol. The molecule has 0 heterocycles. The summed E-state index contributed by atoms with van der Waals surface area (Å²) in [5, 5.41) is 0. The van der Waals surface area contributed by atoms with Gasteiger partial charge in [0.15, 0.2) is 11.5 Å². The molecular formula is C13H15BrO3. The summed E-state index contributed by atoms with van der Waals surface area (Å²) in [6, 6.07) is 3.38. The fraction of sp³-hybridized carbons (Fsp3) is 0.308. The molecule has 0 aliphatic carbocycles. The van der Waals surface area contributed by atoms with Crippen LogP contribution in [0.1, 0.15) is 23.7 Å². The number of carbonyl (C=O) groups is 1. The maximum atomic E-state index is 10.8. The van der Waals surface area contributed by atoms with Gasteiger partial charge in [-0.1, -0.05) is 6.08 Å². The molecule has 0 amide bonds. The van der Waals surface area contributed by atoms with E-state index in [1.165, 1.54) is 0 Å². The van der Waals surface area contributed by atoms with Gasteiger partial charge in [-0.2, -0.15) is 0 Å². The summed E-state index contributed by atoms with van der Waals surface area (Å²) in [7, 11) is 0. The molecular weight excluding hydrogens is 284 g/mol. The van der Waals surface area contributed by atoms with Gasteiger partial charge >= 0.3 is 0 Å². The summed E-state index contributed by atoms with van der Waals surface area (Å²) in [5.41, 5.74) is 0.552. The molecule has 0 saturated heterocycles. The number of rotatable bonds is 7. The van der Waals surface area contributed by atoms with Crippen molar-refractivity contribution in [2.24, 2.45) is 0 Å². The predicted octanol–water partition coefficient (Wildman–Crippen LogP) is 3.62. The van der Waals surface area contributed by atoms with Crippen LogP contribution in [0.3, 0.4) is 0 Å². The first-order valence-corrected chi connectivity index (χ1v) is 6.17. The number of halogens is 1. The van der Waals surface area contributed by atoms with Crippen LogP contribution in [0.4, 0.5) is 0 Å². The summed E-state index contributed by atoms with van der Waals surface area (Å²) in [5.74, 6) is 1.20. The minimum Gasteiger partial charge on any atom is -0.490 e. The lowest BCUT2D eigenvalue weighted by Gasteiger charge is -2.13. The Morgan fingerprint density at radius 2 is 2.18 bits per heavy atom. The summed E-state index contributed by atoms with van der Waals surface area (Å²) in [4.78, 5) is 10.8. The highest BCUT2D eigenvalue weighted by Gasteiger charge is 2.11. The minimum absolute atomic E-state index is 0.520. The zero-order chi connectivity index (χ0) is 12.7. The second kappa shape index (κ2) is 7.12. The Balaban J connectivity index is 2.98. The Labute approximate surface area is 110 Å². The van der Waals surface area contributed by atoms with E-state index in [-0.39, 0.29) is 0 Å². The molecule has 0 N–H and O–H groups in total. The van der Waals surface area contributed by atoms with Crippen molar-refractivity contribution in [3.05, 3.63) is 34.8 Å². The van der Waals surface area contributed by atoms with Crippen molar-refractivity contribution in [3.63, 3.8) is 0 Å². The van der Waals surface area contributed by atoms with E-state index in [2.05, 4.69) is 22.5 Å². The molecule has 1 aromatic carbocycles. The van der Waals surface area contributed by atoms with E-state index in [9.17, 15) is 4.79 Å². The van der Waals surface area contributed by atoms with Crippen LogP contribution < -0.4 is 9.47 Å². The lowest BCUT2D eigenvalue weighted by Crippen LogP contribution is -2.01. The highest BCUT2D eigenvalue weighted by atomic mass is 79.9. The summed E-state index contributed by atoms with van der Waals surface area (Å²) in [6.07, 6.45) is 3.32. The van der Waals surface area contributed by atoms with Crippen LogP contribution in [0.15, 0.2) is 29.3 Å². The van der Waals surface area contributed by atoms with Gasteiger partial charge in [0, 0.05) is 5.56 Å². The molecule has 92 valence electrons. The molecule has 0 radical (unpaired) electrons. The first-order chi connectivity index (χ1) is 8.22. The molecule has 0 aliphatic rings. The van der Waals surface area contributed by atoms with Gasteiger partial charge in [-0.05, 0) is 41.4 Å². The molecule has 0 aliphatic heterocycles.